The van der Waals surface area contributed by atoms with Crippen LogP contribution in [0.5, 0.6) is 0 Å². The van der Waals surface area contributed by atoms with Crippen LogP contribution < -0.4 is 0 Å². The van der Waals surface area contributed by atoms with Crippen LogP contribution in [0, 0.1) is 11.8 Å². The number of hydrogen-bond acceptors (Lipinski definition) is 3. The first-order valence-electron chi connectivity index (χ1n) is 6.03. The van der Waals surface area contributed by atoms with E-state index < -0.39 is 10.1 Å². The summed E-state index contributed by atoms with van der Waals surface area (Å²) in [6, 6.07) is 0. The van der Waals surface area contributed by atoms with E-state index in [-0.39, 0.29) is 12.0 Å². The molecule has 2 atom stereocenters. The zero-order valence-corrected chi connectivity index (χ0v) is 10.6. The van der Waals surface area contributed by atoms with Gasteiger partial charge < -0.3 is 0 Å². The van der Waals surface area contributed by atoms with Crippen molar-refractivity contribution in [3.8, 4) is 0 Å². The van der Waals surface area contributed by atoms with E-state index >= 15 is 0 Å². The molecule has 0 spiro atoms. The molecule has 92 valence electrons. The van der Waals surface area contributed by atoms with Crippen LogP contribution in [-0.4, -0.2) is 20.8 Å². The fraction of sp³-hybridized carbons (Fsp3) is 0.833. The van der Waals surface area contributed by atoms with Crippen molar-refractivity contribution < 1.29 is 12.6 Å². The van der Waals surface area contributed by atoms with Crippen LogP contribution in [0.15, 0.2) is 12.2 Å². The predicted octanol–water partition coefficient (Wildman–Crippen LogP) is 2.49. The van der Waals surface area contributed by atoms with E-state index in [1.54, 1.807) is 0 Å². The summed E-state index contributed by atoms with van der Waals surface area (Å²) in [5.74, 6) is 0.886. The predicted molar refractivity (Wildman–Crippen MR) is 63.5 cm³/mol. The van der Waals surface area contributed by atoms with E-state index in [0.717, 1.165) is 6.26 Å². The summed E-state index contributed by atoms with van der Waals surface area (Å²) in [6.07, 6.45) is 7.96. The monoisotopic (exact) mass is 244 g/mol. The topological polar surface area (TPSA) is 43.4 Å². The third-order valence-electron chi connectivity index (χ3n) is 3.79. The Morgan fingerprint density at radius 1 is 1.25 bits per heavy atom. The minimum absolute atomic E-state index is 0.134. The molecule has 4 heteroatoms. The molecule has 2 rings (SSSR count). The molecule has 0 aromatic rings. The second-order valence-corrected chi connectivity index (χ2v) is 6.73. The Hall–Kier alpha value is -0.350. The molecule has 0 aromatic heterocycles. The molecule has 16 heavy (non-hydrogen) atoms. The first kappa shape index (κ1) is 12.1. The van der Waals surface area contributed by atoms with Crippen LogP contribution in [-0.2, 0) is 14.3 Å². The lowest BCUT2D eigenvalue weighted by Gasteiger charge is -2.44. The van der Waals surface area contributed by atoms with Gasteiger partial charge in [0.05, 0.1) is 12.4 Å². The molecule has 2 aliphatic rings. The summed E-state index contributed by atoms with van der Waals surface area (Å²) >= 11 is 0. The van der Waals surface area contributed by atoms with Gasteiger partial charge in [-0.25, -0.2) is 0 Å². The zero-order valence-electron chi connectivity index (χ0n) is 9.81. The van der Waals surface area contributed by atoms with Crippen LogP contribution in [0.25, 0.3) is 0 Å². The van der Waals surface area contributed by atoms with Crippen LogP contribution >= 0.6 is 0 Å². The SMILES string of the molecule is C=C1C[C@H](OS(C)(=O)=O)[C@H]1C1CCCCC1. The van der Waals surface area contributed by atoms with Gasteiger partial charge >= 0.3 is 0 Å². The second-order valence-electron chi connectivity index (χ2n) is 5.13. The third-order valence-corrected chi connectivity index (χ3v) is 4.39. The molecule has 3 nitrogen and oxygen atoms in total. The van der Waals surface area contributed by atoms with Gasteiger partial charge in [0.1, 0.15) is 0 Å². The van der Waals surface area contributed by atoms with Gasteiger partial charge in [0.25, 0.3) is 10.1 Å². The summed E-state index contributed by atoms with van der Waals surface area (Å²) in [6.45, 7) is 4.02. The van der Waals surface area contributed by atoms with Crippen molar-refractivity contribution in [1.29, 1.82) is 0 Å². The average molecular weight is 244 g/mol. The highest BCUT2D eigenvalue weighted by atomic mass is 32.2. The van der Waals surface area contributed by atoms with E-state index in [9.17, 15) is 8.42 Å². The molecule has 0 bridgehead atoms. The maximum absolute atomic E-state index is 11.1. The zero-order chi connectivity index (χ0) is 11.8. The summed E-state index contributed by atoms with van der Waals surface area (Å²) < 4.78 is 27.4. The highest BCUT2D eigenvalue weighted by molar-refractivity contribution is 7.86. The van der Waals surface area contributed by atoms with E-state index in [1.807, 2.05) is 0 Å². The maximum Gasteiger partial charge on any atom is 0.264 e. The molecular formula is C12H20O3S. The third kappa shape index (κ3) is 2.66. The Morgan fingerprint density at radius 3 is 2.38 bits per heavy atom. The van der Waals surface area contributed by atoms with Crippen LogP contribution in [0.4, 0.5) is 0 Å². The fourth-order valence-electron chi connectivity index (χ4n) is 3.07. The minimum atomic E-state index is -3.32. The van der Waals surface area contributed by atoms with E-state index in [2.05, 4.69) is 6.58 Å². The summed E-state index contributed by atoms with van der Waals surface area (Å²) in [5, 5.41) is 0. The van der Waals surface area contributed by atoms with Gasteiger partial charge in [-0.1, -0.05) is 31.4 Å². The maximum atomic E-state index is 11.1. The van der Waals surface area contributed by atoms with Crippen molar-refractivity contribution in [2.45, 2.75) is 44.6 Å². The largest absolute Gasteiger partial charge is 0.266 e. The van der Waals surface area contributed by atoms with Crippen LogP contribution in [0.3, 0.4) is 0 Å². The van der Waals surface area contributed by atoms with Crippen molar-refractivity contribution in [3.05, 3.63) is 12.2 Å². The Labute approximate surface area is 98.0 Å². The Balaban J connectivity index is 1.98. The Kier molecular flexibility index (Phi) is 3.40. The molecule has 0 heterocycles. The first-order valence-corrected chi connectivity index (χ1v) is 7.85. The number of rotatable bonds is 3. The molecule has 0 amide bonds. The molecule has 0 unspecified atom stereocenters. The first-order chi connectivity index (χ1) is 7.47. The molecule has 0 aromatic carbocycles. The fourth-order valence-corrected chi connectivity index (χ4v) is 3.71. The van der Waals surface area contributed by atoms with Gasteiger partial charge in [0.15, 0.2) is 0 Å². The summed E-state index contributed by atoms with van der Waals surface area (Å²) in [4.78, 5) is 0. The standard InChI is InChI=1S/C12H20O3S/c1-9-8-11(15-16(2,13)14)12(9)10-6-4-3-5-7-10/h10-12H,1,3-8H2,2H3/t11-,12+/m0/s1. The Morgan fingerprint density at radius 2 is 1.88 bits per heavy atom. The summed E-state index contributed by atoms with van der Waals surface area (Å²) in [7, 11) is -3.32. The molecule has 0 saturated heterocycles. The quantitative estimate of drug-likeness (QED) is 0.566. The van der Waals surface area contributed by atoms with Gasteiger partial charge in [-0.3, -0.25) is 4.18 Å². The van der Waals surface area contributed by atoms with Gasteiger partial charge in [0.2, 0.25) is 0 Å². The molecule has 0 N–H and O–H groups in total. The smallest absolute Gasteiger partial charge is 0.264 e. The highest BCUT2D eigenvalue weighted by Gasteiger charge is 2.42. The van der Waals surface area contributed by atoms with Gasteiger partial charge in [0, 0.05) is 5.92 Å². The lowest BCUT2D eigenvalue weighted by atomic mass is 9.65. The van der Waals surface area contributed by atoms with E-state index in [4.69, 9.17) is 4.18 Å². The second kappa shape index (κ2) is 4.49. The molecule has 0 aliphatic heterocycles. The van der Waals surface area contributed by atoms with Crippen LogP contribution in [0.2, 0.25) is 0 Å². The lowest BCUT2D eigenvalue weighted by molar-refractivity contribution is 0.0563. The van der Waals surface area contributed by atoms with E-state index in [0.29, 0.717) is 12.3 Å². The molecule has 2 saturated carbocycles. The van der Waals surface area contributed by atoms with Crippen molar-refractivity contribution in [2.75, 3.05) is 6.26 Å². The van der Waals surface area contributed by atoms with Crippen LogP contribution in [0.1, 0.15) is 38.5 Å². The van der Waals surface area contributed by atoms with Gasteiger partial charge in [-0.2, -0.15) is 8.42 Å². The van der Waals surface area contributed by atoms with Crippen molar-refractivity contribution in [1.82, 2.24) is 0 Å². The van der Waals surface area contributed by atoms with E-state index in [1.165, 1.54) is 37.7 Å². The summed E-state index contributed by atoms with van der Waals surface area (Å²) in [5.41, 5.74) is 1.18. The molecule has 2 fully saturated rings. The van der Waals surface area contributed by atoms with Gasteiger partial charge in [-0.05, 0) is 25.2 Å². The lowest BCUT2D eigenvalue weighted by Crippen LogP contribution is -2.42. The Bertz CT molecular complexity index is 366. The molecular weight excluding hydrogens is 224 g/mol. The highest BCUT2D eigenvalue weighted by Crippen LogP contribution is 2.46. The van der Waals surface area contributed by atoms with Crippen molar-refractivity contribution >= 4 is 10.1 Å². The van der Waals surface area contributed by atoms with Crippen molar-refractivity contribution in [2.24, 2.45) is 11.8 Å². The van der Waals surface area contributed by atoms with Gasteiger partial charge in [-0.15, -0.1) is 0 Å². The number of hydrogen-bond donors (Lipinski definition) is 0. The van der Waals surface area contributed by atoms with Crippen molar-refractivity contribution in [3.63, 3.8) is 0 Å². The molecule has 2 aliphatic carbocycles. The molecule has 0 radical (unpaired) electrons. The average Bonchev–Trinajstić information content (AvgIpc) is 2.16. The normalized spacial score (nSPS) is 32.4. The minimum Gasteiger partial charge on any atom is -0.266 e.